The highest BCUT2D eigenvalue weighted by molar-refractivity contribution is 4.96. The van der Waals surface area contributed by atoms with Gasteiger partial charge in [-0.05, 0) is 24.0 Å². The molecule has 10 heavy (non-hydrogen) atoms. The van der Waals surface area contributed by atoms with Gasteiger partial charge in [0.25, 0.3) is 0 Å². The van der Waals surface area contributed by atoms with Gasteiger partial charge in [-0.15, -0.1) is 0 Å². The van der Waals surface area contributed by atoms with E-state index in [1.165, 1.54) is 6.42 Å². The largest absolute Gasteiger partial charge is 0.391 e. The van der Waals surface area contributed by atoms with Crippen LogP contribution in [0.4, 0.5) is 0 Å². The molecule has 0 saturated carbocycles. The lowest BCUT2D eigenvalue weighted by Crippen LogP contribution is -2.26. The van der Waals surface area contributed by atoms with Crippen molar-refractivity contribution in [2.75, 3.05) is 6.54 Å². The Kier molecular flexibility index (Phi) is 2.02. The Hall–Kier alpha value is -0.460. The van der Waals surface area contributed by atoms with Crippen molar-refractivity contribution in [1.29, 1.82) is 0 Å². The van der Waals surface area contributed by atoms with Crippen molar-refractivity contribution in [2.24, 2.45) is 11.3 Å². The second-order valence-corrected chi connectivity index (χ2v) is 4.07. The summed E-state index contributed by atoms with van der Waals surface area (Å²) in [6.45, 7) is 8.03. The van der Waals surface area contributed by atoms with E-state index in [2.05, 4.69) is 38.4 Å². The van der Waals surface area contributed by atoms with Crippen molar-refractivity contribution in [1.82, 2.24) is 5.32 Å². The fourth-order valence-corrected chi connectivity index (χ4v) is 1.32. The molecule has 1 rings (SSSR count). The molecular formula is C9H17N. The van der Waals surface area contributed by atoms with E-state index in [4.69, 9.17) is 0 Å². The Labute approximate surface area is 63.5 Å². The summed E-state index contributed by atoms with van der Waals surface area (Å²) in [6.07, 6.45) is 5.64. The lowest BCUT2D eigenvalue weighted by atomic mass is 9.78. The van der Waals surface area contributed by atoms with Gasteiger partial charge in [0.2, 0.25) is 0 Å². The monoisotopic (exact) mass is 139 g/mol. The molecule has 0 spiro atoms. The summed E-state index contributed by atoms with van der Waals surface area (Å²) < 4.78 is 0. The van der Waals surface area contributed by atoms with Crippen LogP contribution in [0.25, 0.3) is 0 Å². The van der Waals surface area contributed by atoms with Crippen LogP contribution in [0.15, 0.2) is 12.3 Å². The van der Waals surface area contributed by atoms with Gasteiger partial charge >= 0.3 is 0 Å². The summed E-state index contributed by atoms with van der Waals surface area (Å²) in [5, 5.41) is 3.21. The Morgan fingerprint density at radius 1 is 1.40 bits per heavy atom. The van der Waals surface area contributed by atoms with Crippen LogP contribution < -0.4 is 5.32 Å². The van der Waals surface area contributed by atoms with Crippen LogP contribution in [-0.4, -0.2) is 6.54 Å². The molecule has 1 nitrogen and oxygen atoms in total. The van der Waals surface area contributed by atoms with Crippen LogP contribution in [-0.2, 0) is 0 Å². The molecule has 1 heterocycles. The lowest BCUT2D eigenvalue weighted by Gasteiger charge is -2.30. The second kappa shape index (κ2) is 2.65. The molecule has 0 aromatic carbocycles. The summed E-state index contributed by atoms with van der Waals surface area (Å²) in [7, 11) is 0. The van der Waals surface area contributed by atoms with E-state index in [0.717, 1.165) is 12.5 Å². The summed E-state index contributed by atoms with van der Waals surface area (Å²) in [4.78, 5) is 0. The average Bonchev–Trinajstić information content (AvgIpc) is 1.88. The third kappa shape index (κ3) is 1.76. The maximum atomic E-state index is 3.21. The molecule has 0 aromatic heterocycles. The van der Waals surface area contributed by atoms with Gasteiger partial charge in [-0.1, -0.05) is 26.8 Å². The summed E-state index contributed by atoms with van der Waals surface area (Å²) in [5.74, 6) is 0.758. The summed E-state index contributed by atoms with van der Waals surface area (Å²) in [5.41, 5.74) is 0.443. The quantitative estimate of drug-likeness (QED) is 0.542. The molecule has 0 fully saturated rings. The first kappa shape index (κ1) is 7.64. The molecule has 1 unspecified atom stereocenters. The molecule has 0 aromatic rings. The first-order chi connectivity index (χ1) is 4.61. The van der Waals surface area contributed by atoms with Crippen molar-refractivity contribution in [2.45, 2.75) is 27.2 Å². The Morgan fingerprint density at radius 2 is 2.10 bits per heavy atom. The van der Waals surface area contributed by atoms with E-state index in [1.54, 1.807) is 0 Å². The maximum absolute atomic E-state index is 3.21. The van der Waals surface area contributed by atoms with Crippen molar-refractivity contribution < 1.29 is 0 Å². The highest BCUT2D eigenvalue weighted by Crippen LogP contribution is 2.30. The molecule has 1 aliphatic heterocycles. The number of nitrogens with one attached hydrogen (secondary N) is 1. The smallest absolute Gasteiger partial charge is 0.0147 e. The minimum absolute atomic E-state index is 0.443. The maximum Gasteiger partial charge on any atom is 0.0147 e. The fraction of sp³-hybridized carbons (Fsp3) is 0.778. The predicted molar refractivity (Wildman–Crippen MR) is 44.7 cm³/mol. The van der Waals surface area contributed by atoms with E-state index in [0.29, 0.717) is 5.41 Å². The van der Waals surface area contributed by atoms with Gasteiger partial charge < -0.3 is 5.32 Å². The zero-order valence-electron chi connectivity index (χ0n) is 7.15. The molecule has 1 aliphatic rings. The van der Waals surface area contributed by atoms with E-state index in [-0.39, 0.29) is 0 Å². The van der Waals surface area contributed by atoms with Crippen LogP contribution >= 0.6 is 0 Å². The number of allylic oxidation sites excluding steroid dienone is 1. The van der Waals surface area contributed by atoms with Gasteiger partial charge in [-0.3, -0.25) is 0 Å². The van der Waals surface area contributed by atoms with Crippen LogP contribution in [0.5, 0.6) is 0 Å². The lowest BCUT2D eigenvalue weighted by molar-refractivity contribution is 0.270. The Balaban J connectivity index is 2.55. The zero-order valence-corrected chi connectivity index (χ0v) is 7.15. The van der Waals surface area contributed by atoms with Crippen LogP contribution in [0, 0.1) is 11.3 Å². The molecular weight excluding hydrogens is 122 g/mol. The van der Waals surface area contributed by atoms with Crippen LogP contribution in [0.1, 0.15) is 27.2 Å². The van der Waals surface area contributed by atoms with Gasteiger partial charge in [0, 0.05) is 6.54 Å². The zero-order chi connectivity index (χ0) is 7.61. The Bertz CT molecular complexity index is 130. The highest BCUT2D eigenvalue weighted by atomic mass is 14.8. The van der Waals surface area contributed by atoms with Gasteiger partial charge in [0.05, 0.1) is 0 Å². The van der Waals surface area contributed by atoms with E-state index >= 15 is 0 Å². The molecule has 1 N–H and O–H groups in total. The van der Waals surface area contributed by atoms with E-state index in [9.17, 15) is 0 Å². The van der Waals surface area contributed by atoms with Gasteiger partial charge in [0.1, 0.15) is 0 Å². The Morgan fingerprint density at radius 3 is 2.40 bits per heavy atom. The number of hydrogen-bond donors (Lipinski definition) is 1. The third-order valence-corrected chi connectivity index (χ3v) is 2.16. The van der Waals surface area contributed by atoms with Gasteiger partial charge in [-0.25, -0.2) is 0 Å². The molecule has 0 aliphatic carbocycles. The summed E-state index contributed by atoms with van der Waals surface area (Å²) >= 11 is 0. The van der Waals surface area contributed by atoms with E-state index in [1.807, 2.05) is 0 Å². The normalized spacial score (nSPS) is 26.1. The molecule has 1 atom stereocenters. The third-order valence-electron chi connectivity index (χ3n) is 2.16. The topological polar surface area (TPSA) is 12.0 Å². The number of hydrogen-bond acceptors (Lipinski definition) is 1. The first-order valence-corrected chi connectivity index (χ1v) is 4.01. The highest BCUT2D eigenvalue weighted by Gasteiger charge is 2.22. The van der Waals surface area contributed by atoms with Crippen molar-refractivity contribution in [3.63, 3.8) is 0 Å². The molecule has 0 amide bonds. The second-order valence-electron chi connectivity index (χ2n) is 4.07. The first-order valence-electron chi connectivity index (χ1n) is 4.01. The van der Waals surface area contributed by atoms with E-state index < -0.39 is 0 Å². The van der Waals surface area contributed by atoms with Gasteiger partial charge in [-0.2, -0.15) is 0 Å². The molecule has 0 radical (unpaired) electrons. The van der Waals surface area contributed by atoms with Crippen LogP contribution in [0.2, 0.25) is 0 Å². The minimum Gasteiger partial charge on any atom is -0.391 e. The molecule has 0 bridgehead atoms. The SMILES string of the molecule is CC(C)(C)C1C=CNCC1. The van der Waals surface area contributed by atoms with Crippen molar-refractivity contribution in [3.05, 3.63) is 12.3 Å². The van der Waals surface area contributed by atoms with Crippen molar-refractivity contribution >= 4 is 0 Å². The fourth-order valence-electron chi connectivity index (χ4n) is 1.32. The molecule has 0 saturated heterocycles. The predicted octanol–water partition coefficient (Wildman–Crippen LogP) is 2.16. The molecule has 1 heteroatoms. The van der Waals surface area contributed by atoms with Crippen LogP contribution in [0.3, 0.4) is 0 Å². The van der Waals surface area contributed by atoms with Crippen molar-refractivity contribution in [3.8, 4) is 0 Å². The summed E-state index contributed by atoms with van der Waals surface area (Å²) in [6, 6.07) is 0. The average molecular weight is 139 g/mol. The number of rotatable bonds is 0. The molecule has 58 valence electrons. The standard InChI is InChI=1S/C9H17N/c1-9(2,3)8-4-6-10-7-5-8/h4,6,8,10H,5,7H2,1-3H3. The minimum atomic E-state index is 0.443. The van der Waals surface area contributed by atoms with Gasteiger partial charge in [0.15, 0.2) is 0 Å².